The summed E-state index contributed by atoms with van der Waals surface area (Å²) >= 11 is 7.95. The highest BCUT2D eigenvalue weighted by Gasteiger charge is 2.27. The molecular formula is C50H55ClF2N6O3S2. The van der Waals surface area contributed by atoms with E-state index in [2.05, 4.69) is 32.0 Å². The van der Waals surface area contributed by atoms with Crippen LogP contribution >= 0.6 is 23.4 Å². The lowest BCUT2D eigenvalue weighted by Gasteiger charge is -2.37. The van der Waals surface area contributed by atoms with Crippen LogP contribution in [0, 0.1) is 25.5 Å². The minimum absolute atomic E-state index is 0.0568. The Hall–Kier alpha value is -5.05. The molecule has 0 spiro atoms. The Morgan fingerprint density at radius 3 is 2.20 bits per heavy atom. The Balaban J connectivity index is 0.894. The topological polar surface area (TPSA) is 93.1 Å². The molecule has 2 aliphatic heterocycles. The van der Waals surface area contributed by atoms with Crippen LogP contribution in [-0.2, 0) is 17.1 Å². The number of rotatable bonds is 15. The summed E-state index contributed by atoms with van der Waals surface area (Å²) in [7, 11) is -2.00. The molecule has 0 aliphatic carbocycles. The van der Waals surface area contributed by atoms with E-state index in [4.69, 9.17) is 11.6 Å². The Labute approximate surface area is 385 Å². The summed E-state index contributed by atoms with van der Waals surface area (Å²) in [4.78, 5) is 7.91. The van der Waals surface area contributed by atoms with Crippen LogP contribution in [0.3, 0.4) is 0 Å². The average Bonchev–Trinajstić information content (AvgIpc) is 3.58. The van der Waals surface area contributed by atoms with Crippen LogP contribution < -0.4 is 19.8 Å². The summed E-state index contributed by atoms with van der Waals surface area (Å²) < 4.78 is 64.1. The smallest absolute Gasteiger partial charge is 0.261 e. The standard InChI is InChI=1S/C50H55ClF2N6O3S2/c1-34-31-43(17-19-46(34)54-39(33-63-42-7-5-4-6-8-42)21-24-57-25-22-41(60)23-26-57)64(61,62)55-38-13-15-40(16-14-38)58-27-29-59(30-28-58)47-20-18-45(52)48(49(47)53)44-32-35(2)56(3)50(44)36-9-11-37(51)12-10-36/h4-20,31-32,39,41,54-55,60H,21-30,33H2,1-3H3/t39-/m1/s1. The zero-order valence-electron chi connectivity index (χ0n) is 36.4. The third-order valence-electron chi connectivity index (χ3n) is 12.4. The molecule has 3 heterocycles. The van der Waals surface area contributed by atoms with E-state index in [1.54, 1.807) is 48.2 Å². The molecule has 14 heteroatoms. The second-order valence-corrected chi connectivity index (χ2v) is 20.0. The number of thioether (sulfide) groups is 1. The van der Waals surface area contributed by atoms with E-state index in [0.717, 1.165) is 72.8 Å². The van der Waals surface area contributed by atoms with Crippen LogP contribution in [0.25, 0.3) is 22.4 Å². The SMILES string of the molecule is Cc1cc(S(=O)(=O)Nc2ccc(N3CCN(c4ccc(F)c(-c5cc(C)n(C)c5-c5ccc(Cl)cc5)c4F)CC3)cc2)ccc1N[C@H](CCN1CCC(O)CC1)CSc1ccccc1. The summed E-state index contributed by atoms with van der Waals surface area (Å²) in [5, 5.41) is 14.3. The van der Waals surface area contributed by atoms with Crippen molar-refractivity contribution in [2.24, 2.45) is 7.05 Å². The molecule has 2 fully saturated rings. The summed E-state index contributed by atoms with van der Waals surface area (Å²) in [6, 6.07) is 34.9. The van der Waals surface area contributed by atoms with E-state index >= 15 is 8.78 Å². The number of nitrogens with one attached hydrogen (secondary N) is 2. The van der Waals surface area contributed by atoms with Crippen molar-refractivity contribution in [1.29, 1.82) is 0 Å². The van der Waals surface area contributed by atoms with Crippen LogP contribution in [0.15, 0.2) is 125 Å². The first-order valence-electron chi connectivity index (χ1n) is 21.8. The second-order valence-electron chi connectivity index (χ2n) is 16.8. The van der Waals surface area contributed by atoms with Gasteiger partial charge in [0.05, 0.1) is 27.9 Å². The largest absolute Gasteiger partial charge is 0.393 e. The maximum Gasteiger partial charge on any atom is 0.261 e. The molecule has 6 aromatic rings. The number of piperazine rings is 1. The van der Waals surface area contributed by atoms with Gasteiger partial charge in [-0.1, -0.05) is 41.9 Å². The predicted molar refractivity (Wildman–Crippen MR) is 260 cm³/mol. The van der Waals surface area contributed by atoms with Crippen molar-refractivity contribution >= 4 is 56.1 Å². The van der Waals surface area contributed by atoms with Gasteiger partial charge in [0.15, 0.2) is 5.82 Å². The molecule has 0 radical (unpaired) electrons. The lowest BCUT2D eigenvalue weighted by molar-refractivity contribution is 0.0817. The van der Waals surface area contributed by atoms with E-state index < -0.39 is 21.7 Å². The second kappa shape index (κ2) is 20.0. The number of aliphatic hydroxyl groups is 1. The molecule has 5 aromatic carbocycles. The number of hydrogen-bond donors (Lipinski definition) is 3. The van der Waals surface area contributed by atoms with Crippen LogP contribution in [0.2, 0.25) is 5.02 Å². The lowest BCUT2D eigenvalue weighted by Crippen LogP contribution is -2.46. The minimum atomic E-state index is -3.88. The molecule has 9 nitrogen and oxygen atoms in total. The van der Waals surface area contributed by atoms with Gasteiger partial charge < -0.3 is 29.7 Å². The number of benzene rings is 5. The molecule has 1 aromatic heterocycles. The summed E-state index contributed by atoms with van der Waals surface area (Å²) in [5.41, 5.74) is 6.26. The van der Waals surface area contributed by atoms with Crippen molar-refractivity contribution in [3.63, 3.8) is 0 Å². The van der Waals surface area contributed by atoms with Crippen molar-refractivity contribution in [3.05, 3.63) is 143 Å². The number of aliphatic hydroxyl groups excluding tert-OH is 1. The molecule has 2 aliphatic rings. The first kappa shape index (κ1) is 45.5. The van der Waals surface area contributed by atoms with Gasteiger partial charge in [0.2, 0.25) is 0 Å². The highest BCUT2D eigenvalue weighted by Crippen LogP contribution is 2.40. The predicted octanol–water partition coefficient (Wildman–Crippen LogP) is 10.5. The number of aryl methyl sites for hydroxylation is 2. The monoisotopic (exact) mass is 924 g/mol. The maximum absolute atomic E-state index is 16.5. The number of likely N-dealkylation sites (tertiary alicyclic amines) is 1. The molecule has 1 atom stereocenters. The van der Waals surface area contributed by atoms with Gasteiger partial charge in [-0.25, -0.2) is 17.2 Å². The highest BCUT2D eigenvalue weighted by atomic mass is 35.5. The third-order valence-corrected chi connectivity index (χ3v) is 15.3. The van der Waals surface area contributed by atoms with Crippen molar-refractivity contribution in [1.82, 2.24) is 9.47 Å². The first-order chi connectivity index (χ1) is 30.8. The molecule has 64 heavy (non-hydrogen) atoms. The highest BCUT2D eigenvalue weighted by molar-refractivity contribution is 7.99. The molecule has 0 saturated carbocycles. The lowest BCUT2D eigenvalue weighted by atomic mass is 9.99. The fourth-order valence-corrected chi connectivity index (χ4v) is 10.9. The van der Waals surface area contributed by atoms with Gasteiger partial charge in [0.1, 0.15) is 5.82 Å². The summed E-state index contributed by atoms with van der Waals surface area (Å²) in [6.45, 7) is 8.74. The fraction of sp³-hybridized carbons (Fsp3) is 0.320. The number of anilines is 4. The van der Waals surface area contributed by atoms with Crippen LogP contribution in [0.1, 0.15) is 30.5 Å². The number of sulfonamides is 1. The quantitative estimate of drug-likeness (QED) is 0.0878. The normalized spacial score (nSPS) is 15.7. The van der Waals surface area contributed by atoms with Gasteiger partial charge in [-0.2, -0.15) is 0 Å². The van der Waals surface area contributed by atoms with E-state index in [0.29, 0.717) is 53.8 Å². The van der Waals surface area contributed by atoms with Gasteiger partial charge in [0, 0.05) is 103 Å². The zero-order valence-corrected chi connectivity index (χ0v) is 38.8. The van der Waals surface area contributed by atoms with Gasteiger partial charge in [-0.05, 0) is 129 Å². The van der Waals surface area contributed by atoms with Gasteiger partial charge in [-0.15, -0.1) is 11.8 Å². The minimum Gasteiger partial charge on any atom is -0.393 e. The Morgan fingerprint density at radius 2 is 1.52 bits per heavy atom. The summed E-state index contributed by atoms with van der Waals surface area (Å²) in [5.74, 6) is -0.372. The first-order valence-corrected chi connectivity index (χ1v) is 24.7. The molecule has 0 amide bonds. The van der Waals surface area contributed by atoms with Gasteiger partial charge in [0.25, 0.3) is 10.0 Å². The van der Waals surface area contributed by atoms with Crippen molar-refractivity contribution < 1.29 is 22.3 Å². The molecule has 2 saturated heterocycles. The third kappa shape index (κ3) is 10.6. The fourth-order valence-electron chi connectivity index (χ4n) is 8.65. The van der Waals surface area contributed by atoms with Crippen LogP contribution in [-0.4, -0.2) is 86.7 Å². The molecule has 8 rings (SSSR count). The molecule has 0 unspecified atom stereocenters. The Kier molecular flexibility index (Phi) is 14.2. The molecule has 0 bridgehead atoms. The summed E-state index contributed by atoms with van der Waals surface area (Å²) in [6.07, 6.45) is 2.31. The number of halogens is 3. The van der Waals surface area contributed by atoms with Crippen molar-refractivity contribution in [3.8, 4) is 22.4 Å². The van der Waals surface area contributed by atoms with Crippen LogP contribution in [0.4, 0.5) is 31.5 Å². The molecular weight excluding hydrogens is 870 g/mol. The van der Waals surface area contributed by atoms with E-state index in [9.17, 15) is 13.5 Å². The van der Waals surface area contributed by atoms with E-state index in [1.807, 2.05) is 85.0 Å². The zero-order chi connectivity index (χ0) is 45.0. The van der Waals surface area contributed by atoms with Gasteiger partial charge in [-0.3, -0.25) is 4.72 Å². The molecule has 336 valence electrons. The van der Waals surface area contributed by atoms with Gasteiger partial charge >= 0.3 is 0 Å². The average molecular weight is 926 g/mol. The van der Waals surface area contributed by atoms with E-state index in [-0.39, 0.29) is 22.6 Å². The number of piperidine rings is 1. The van der Waals surface area contributed by atoms with Crippen molar-refractivity contribution in [2.75, 3.05) is 71.4 Å². The number of hydrogen-bond acceptors (Lipinski definition) is 8. The molecule has 3 N–H and O–H groups in total. The Bertz CT molecular complexity index is 2650. The number of aromatic nitrogens is 1. The van der Waals surface area contributed by atoms with E-state index in [1.165, 1.54) is 17.0 Å². The van der Waals surface area contributed by atoms with Crippen molar-refractivity contribution in [2.45, 2.75) is 55.0 Å². The number of nitrogens with zero attached hydrogens (tertiary/aromatic N) is 4. The van der Waals surface area contributed by atoms with Crippen LogP contribution in [0.5, 0.6) is 0 Å². The Morgan fingerprint density at radius 1 is 0.828 bits per heavy atom. The maximum atomic E-state index is 16.5.